The van der Waals surface area contributed by atoms with Crippen LogP contribution in [-0.4, -0.2) is 16.1 Å². The van der Waals surface area contributed by atoms with Crippen molar-refractivity contribution in [2.45, 2.75) is 12.7 Å². The van der Waals surface area contributed by atoms with Crippen molar-refractivity contribution in [1.29, 1.82) is 0 Å². The Morgan fingerprint density at radius 3 is 2.37 bits per heavy atom. The van der Waals surface area contributed by atoms with Gasteiger partial charge in [0.15, 0.2) is 0 Å². The van der Waals surface area contributed by atoms with Gasteiger partial charge in [-0.2, -0.15) is 13.2 Å². The number of carboxylic acids is 1. The number of alkyl halides is 3. The number of carboxylic acid groups (broad SMARTS) is 1. The number of nitrogens with one attached hydrogen (secondary N) is 1. The molecule has 0 saturated heterocycles. The minimum atomic E-state index is -4.49. The summed E-state index contributed by atoms with van der Waals surface area (Å²) in [5.74, 6) is -0.987. The molecule has 0 radical (unpaired) electrons. The third-order valence-electron chi connectivity index (χ3n) is 5.95. The maximum absolute atomic E-state index is 13.5. The number of nitrogens with zero attached hydrogens (tertiary/aromatic N) is 1. The second kappa shape index (κ2) is 8.76. The number of halogens is 3. The lowest BCUT2D eigenvalue weighted by atomic mass is 9.97. The molecule has 7 heteroatoms. The highest BCUT2D eigenvalue weighted by Gasteiger charge is 2.33. The van der Waals surface area contributed by atoms with Crippen LogP contribution in [0.3, 0.4) is 0 Å². The summed E-state index contributed by atoms with van der Waals surface area (Å²) in [6.45, 7) is 0.446. The predicted molar refractivity (Wildman–Crippen MR) is 130 cm³/mol. The summed E-state index contributed by atoms with van der Waals surface area (Å²) in [5.41, 5.74) is 2.56. The third-order valence-corrected chi connectivity index (χ3v) is 5.95. The van der Waals surface area contributed by atoms with Gasteiger partial charge >= 0.3 is 12.1 Å². The molecule has 0 aliphatic carbocycles. The molecule has 35 heavy (non-hydrogen) atoms. The van der Waals surface area contributed by atoms with Crippen molar-refractivity contribution in [1.82, 2.24) is 4.98 Å². The molecule has 0 aliphatic rings. The second-order valence-electron chi connectivity index (χ2n) is 8.12. The molecular formula is C28H19F3N2O2. The van der Waals surface area contributed by atoms with Crippen LogP contribution >= 0.6 is 0 Å². The van der Waals surface area contributed by atoms with Gasteiger partial charge in [0.1, 0.15) is 0 Å². The second-order valence-corrected chi connectivity index (χ2v) is 8.12. The van der Waals surface area contributed by atoms with Crippen LogP contribution in [0.4, 0.5) is 18.9 Å². The Balaban J connectivity index is 1.48. The summed E-state index contributed by atoms with van der Waals surface area (Å²) in [4.78, 5) is 15.6. The lowest BCUT2D eigenvalue weighted by Crippen LogP contribution is -2.06. The molecule has 2 N–H and O–H groups in total. The Labute approximate surface area is 198 Å². The molecule has 0 atom stereocenters. The van der Waals surface area contributed by atoms with Gasteiger partial charge in [-0.3, -0.25) is 4.98 Å². The fraction of sp³-hybridized carbons (Fsp3) is 0.0714. The molecule has 5 aromatic rings. The zero-order valence-corrected chi connectivity index (χ0v) is 18.3. The smallest absolute Gasteiger partial charge is 0.418 e. The highest BCUT2D eigenvalue weighted by Crippen LogP contribution is 2.37. The van der Waals surface area contributed by atoms with Crippen molar-refractivity contribution in [2.75, 3.05) is 5.32 Å². The fourth-order valence-corrected chi connectivity index (χ4v) is 4.35. The number of rotatable bonds is 5. The quantitative estimate of drug-likeness (QED) is 0.280. The van der Waals surface area contributed by atoms with Gasteiger partial charge in [0.25, 0.3) is 0 Å². The van der Waals surface area contributed by atoms with Crippen molar-refractivity contribution >= 4 is 33.3 Å². The molecule has 0 amide bonds. The Kier molecular flexibility index (Phi) is 5.61. The molecule has 0 fully saturated rings. The van der Waals surface area contributed by atoms with Gasteiger partial charge in [-0.15, -0.1) is 0 Å². The Morgan fingerprint density at radius 2 is 1.57 bits per heavy atom. The maximum Gasteiger partial charge on any atom is 0.418 e. The first-order chi connectivity index (χ1) is 16.8. The number of aromatic nitrogens is 1. The van der Waals surface area contributed by atoms with E-state index in [1.165, 1.54) is 12.3 Å². The maximum atomic E-state index is 13.5. The molecule has 174 valence electrons. The van der Waals surface area contributed by atoms with E-state index >= 15 is 0 Å². The van der Waals surface area contributed by atoms with Crippen LogP contribution in [0.15, 0.2) is 91.1 Å². The minimum Gasteiger partial charge on any atom is -0.478 e. The van der Waals surface area contributed by atoms with Crippen molar-refractivity contribution in [2.24, 2.45) is 0 Å². The van der Waals surface area contributed by atoms with Gasteiger partial charge in [-0.1, -0.05) is 54.6 Å². The van der Waals surface area contributed by atoms with Crippen LogP contribution < -0.4 is 5.32 Å². The van der Waals surface area contributed by atoms with Crippen LogP contribution in [0.2, 0.25) is 0 Å². The summed E-state index contributed by atoms with van der Waals surface area (Å²) < 4.78 is 40.4. The molecule has 1 aromatic heterocycles. The third kappa shape index (κ3) is 4.28. The Morgan fingerprint density at radius 1 is 0.857 bits per heavy atom. The van der Waals surface area contributed by atoms with Gasteiger partial charge in [0.05, 0.1) is 16.6 Å². The summed E-state index contributed by atoms with van der Waals surface area (Å²) >= 11 is 0. The van der Waals surface area contributed by atoms with Gasteiger partial charge in [0, 0.05) is 29.2 Å². The first-order valence-corrected chi connectivity index (χ1v) is 10.9. The minimum absolute atomic E-state index is 0.0778. The van der Waals surface area contributed by atoms with Crippen molar-refractivity contribution in [3.05, 3.63) is 108 Å². The van der Waals surface area contributed by atoms with Gasteiger partial charge in [-0.25, -0.2) is 4.79 Å². The summed E-state index contributed by atoms with van der Waals surface area (Å²) in [7, 11) is 0. The van der Waals surface area contributed by atoms with E-state index < -0.39 is 17.7 Å². The number of hydrogen-bond acceptors (Lipinski definition) is 3. The number of benzene rings is 4. The number of aromatic carboxylic acids is 1. The number of pyridine rings is 1. The van der Waals surface area contributed by atoms with E-state index in [0.717, 1.165) is 28.3 Å². The predicted octanol–water partition coefficient (Wildman–Crippen LogP) is 7.38. The van der Waals surface area contributed by atoms with Crippen molar-refractivity contribution in [3.8, 4) is 11.1 Å². The van der Waals surface area contributed by atoms with Crippen molar-refractivity contribution in [3.63, 3.8) is 0 Å². The Hall–Kier alpha value is -4.39. The largest absolute Gasteiger partial charge is 0.478 e. The molecule has 4 nitrogen and oxygen atoms in total. The number of para-hydroxylation sites is 1. The van der Waals surface area contributed by atoms with Crippen molar-refractivity contribution < 1.29 is 23.1 Å². The summed E-state index contributed by atoms with van der Waals surface area (Å²) in [5, 5.41) is 14.7. The molecule has 0 saturated carbocycles. The van der Waals surface area contributed by atoms with E-state index in [2.05, 4.69) is 10.3 Å². The molecule has 0 unspecified atom stereocenters. The summed E-state index contributed by atoms with van der Waals surface area (Å²) in [6.07, 6.45) is -3.09. The number of carbonyl (C=O) groups is 1. The van der Waals surface area contributed by atoms with Crippen LogP contribution in [0.25, 0.3) is 32.8 Å². The van der Waals surface area contributed by atoms with Crippen LogP contribution in [-0.2, 0) is 12.7 Å². The molecule has 0 bridgehead atoms. The number of anilines is 1. The standard InChI is InChI=1S/C28H19F3N2O2/c29-28(30,31)24-11-3-9-22-19(13-14-32-26(22)24)18-6-1-5-17(15-18)16-33-25-12-4-7-20-21(25)8-2-10-23(20)27(34)35/h1-15,33H,16H2,(H,34,35). The first kappa shape index (κ1) is 22.4. The molecular weight excluding hydrogens is 453 g/mol. The van der Waals surface area contributed by atoms with Crippen LogP contribution in [0.1, 0.15) is 21.5 Å². The van der Waals surface area contributed by atoms with E-state index in [0.29, 0.717) is 22.9 Å². The zero-order valence-electron chi connectivity index (χ0n) is 18.3. The number of fused-ring (bicyclic) bond motifs is 2. The van der Waals surface area contributed by atoms with Crippen LogP contribution in [0, 0.1) is 0 Å². The molecule has 4 aromatic carbocycles. The lowest BCUT2D eigenvalue weighted by molar-refractivity contribution is -0.136. The lowest BCUT2D eigenvalue weighted by Gasteiger charge is -2.14. The highest BCUT2D eigenvalue weighted by molar-refractivity contribution is 6.07. The molecule has 0 spiro atoms. The van der Waals surface area contributed by atoms with E-state index in [-0.39, 0.29) is 11.1 Å². The van der Waals surface area contributed by atoms with Gasteiger partial charge in [0.2, 0.25) is 0 Å². The van der Waals surface area contributed by atoms with E-state index in [1.54, 1.807) is 36.4 Å². The fourth-order valence-electron chi connectivity index (χ4n) is 4.35. The zero-order chi connectivity index (χ0) is 24.6. The highest BCUT2D eigenvalue weighted by atomic mass is 19.4. The first-order valence-electron chi connectivity index (χ1n) is 10.9. The van der Waals surface area contributed by atoms with E-state index in [9.17, 15) is 23.1 Å². The van der Waals surface area contributed by atoms with Crippen LogP contribution in [0.5, 0.6) is 0 Å². The SMILES string of the molecule is O=C(O)c1cccc2c(NCc3cccc(-c4ccnc5c(C(F)(F)F)cccc45)c3)cccc12. The average Bonchev–Trinajstić information content (AvgIpc) is 2.85. The topological polar surface area (TPSA) is 62.2 Å². The Bertz CT molecular complexity index is 1580. The van der Waals surface area contributed by atoms with E-state index in [1.807, 2.05) is 36.4 Å². The molecule has 1 heterocycles. The molecule has 0 aliphatic heterocycles. The molecule has 5 rings (SSSR count). The normalized spacial score (nSPS) is 11.6. The van der Waals surface area contributed by atoms with E-state index in [4.69, 9.17) is 0 Å². The van der Waals surface area contributed by atoms with Gasteiger partial charge in [-0.05, 0) is 52.4 Å². The monoisotopic (exact) mass is 472 g/mol. The summed E-state index contributed by atoms with van der Waals surface area (Å²) in [6, 6.07) is 24.0. The average molecular weight is 472 g/mol. The number of hydrogen-bond donors (Lipinski definition) is 2. The van der Waals surface area contributed by atoms with Gasteiger partial charge < -0.3 is 10.4 Å².